The van der Waals surface area contributed by atoms with Crippen LogP contribution in [0.5, 0.6) is 0 Å². The van der Waals surface area contributed by atoms with Gasteiger partial charge in [0.05, 0.1) is 0 Å². The van der Waals surface area contributed by atoms with Gasteiger partial charge in [-0.25, -0.2) is 0 Å². The van der Waals surface area contributed by atoms with Gasteiger partial charge >= 0.3 is 0 Å². The largest absolute Gasteiger partial charge is 0.303 e. The molecular weight excluding hydrogens is 196 g/mol. The lowest BCUT2D eigenvalue weighted by molar-refractivity contribution is -0.112. The Labute approximate surface area is 97.9 Å². The van der Waals surface area contributed by atoms with Crippen molar-refractivity contribution in [1.82, 2.24) is 0 Å². The molecule has 1 saturated carbocycles. The summed E-state index contributed by atoms with van der Waals surface area (Å²) in [7, 11) is 0. The van der Waals surface area contributed by atoms with E-state index in [1.807, 2.05) is 0 Å². The molecule has 1 heteroatoms. The summed E-state index contributed by atoms with van der Waals surface area (Å²) in [5.74, 6) is 1.59. The van der Waals surface area contributed by atoms with E-state index in [4.69, 9.17) is 0 Å². The lowest BCUT2D eigenvalue weighted by Gasteiger charge is -2.30. The summed E-state index contributed by atoms with van der Waals surface area (Å²) in [6.07, 6.45) is 6.02. The Morgan fingerprint density at radius 2 is 1.75 bits per heavy atom. The highest BCUT2D eigenvalue weighted by molar-refractivity contribution is 5.53. The van der Waals surface area contributed by atoms with Crippen molar-refractivity contribution in [1.29, 1.82) is 0 Å². The summed E-state index contributed by atoms with van der Waals surface area (Å²) in [5, 5.41) is 0. The van der Waals surface area contributed by atoms with Gasteiger partial charge in [0, 0.05) is 5.92 Å². The van der Waals surface area contributed by atoms with E-state index in [-0.39, 0.29) is 5.92 Å². The second kappa shape index (κ2) is 5.29. The van der Waals surface area contributed by atoms with E-state index in [1.165, 1.54) is 31.2 Å². The second-order valence-electron chi connectivity index (χ2n) is 5.02. The van der Waals surface area contributed by atoms with Gasteiger partial charge in [0.2, 0.25) is 0 Å². The first-order valence-corrected chi connectivity index (χ1v) is 6.31. The molecule has 1 nitrogen and oxygen atoms in total. The summed E-state index contributed by atoms with van der Waals surface area (Å²) < 4.78 is 0. The van der Waals surface area contributed by atoms with Gasteiger partial charge in [-0.05, 0) is 43.1 Å². The molecule has 0 bridgehead atoms. The van der Waals surface area contributed by atoms with Crippen LogP contribution in [0.25, 0.3) is 0 Å². The first-order chi connectivity index (χ1) is 7.81. The van der Waals surface area contributed by atoms with Crippen molar-refractivity contribution in [3.8, 4) is 0 Å². The minimum absolute atomic E-state index is 0.247. The van der Waals surface area contributed by atoms with E-state index in [9.17, 15) is 4.79 Å². The molecule has 0 aliphatic heterocycles. The normalized spacial score (nSPS) is 27.3. The monoisotopic (exact) mass is 216 g/mol. The maximum absolute atomic E-state index is 10.8. The van der Waals surface area contributed by atoms with Crippen LogP contribution >= 0.6 is 0 Å². The predicted molar refractivity (Wildman–Crippen MR) is 66.4 cm³/mol. The third-order valence-corrected chi connectivity index (χ3v) is 4.00. The van der Waals surface area contributed by atoms with Crippen LogP contribution in [0, 0.1) is 11.8 Å². The summed E-state index contributed by atoms with van der Waals surface area (Å²) in [6, 6.07) is 10.8. The van der Waals surface area contributed by atoms with E-state index in [1.54, 1.807) is 0 Å². The first-order valence-electron chi connectivity index (χ1n) is 6.31. The molecule has 0 saturated heterocycles. The standard InChI is InChI=1S/C15H20O/c1-12(11-16)13-7-9-15(10-8-13)14-5-3-2-4-6-14/h2-6,11-13,15H,7-10H2,1H3. The second-order valence-corrected chi connectivity index (χ2v) is 5.02. The fraction of sp³-hybridized carbons (Fsp3) is 0.533. The molecule has 0 N–H and O–H groups in total. The molecular formula is C15H20O. The molecule has 1 fully saturated rings. The van der Waals surface area contributed by atoms with E-state index in [2.05, 4.69) is 37.3 Å². The Bertz CT molecular complexity index is 323. The fourth-order valence-corrected chi connectivity index (χ4v) is 2.81. The zero-order valence-electron chi connectivity index (χ0n) is 9.93. The summed E-state index contributed by atoms with van der Waals surface area (Å²) in [4.78, 5) is 10.8. The van der Waals surface area contributed by atoms with Crippen molar-refractivity contribution >= 4 is 6.29 Å². The van der Waals surface area contributed by atoms with Crippen molar-refractivity contribution in [3.05, 3.63) is 35.9 Å². The van der Waals surface area contributed by atoms with Gasteiger partial charge in [0.1, 0.15) is 6.29 Å². The van der Waals surface area contributed by atoms with Crippen LogP contribution in [-0.2, 0) is 4.79 Å². The Morgan fingerprint density at radius 1 is 1.12 bits per heavy atom. The lowest BCUT2D eigenvalue weighted by Crippen LogP contribution is -2.20. The van der Waals surface area contributed by atoms with E-state index in [0.717, 1.165) is 12.2 Å². The molecule has 16 heavy (non-hydrogen) atoms. The van der Waals surface area contributed by atoms with Gasteiger partial charge in [0.15, 0.2) is 0 Å². The zero-order chi connectivity index (χ0) is 11.4. The van der Waals surface area contributed by atoms with Crippen molar-refractivity contribution in [2.75, 3.05) is 0 Å². The van der Waals surface area contributed by atoms with Crippen LogP contribution in [0.15, 0.2) is 30.3 Å². The minimum atomic E-state index is 0.247. The molecule has 2 rings (SSSR count). The van der Waals surface area contributed by atoms with Gasteiger partial charge < -0.3 is 4.79 Å². The molecule has 0 aromatic heterocycles. The van der Waals surface area contributed by atoms with Crippen molar-refractivity contribution in [2.45, 2.75) is 38.5 Å². The average molecular weight is 216 g/mol. The van der Waals surface area contributed by atoms with Gasteiger partial charge in [-0.15, -0.1) is 0 Å². The Balaban J connectivity index is 1.93. The summed E-state index contributed by atoms with van der Waals surface area (Å²) in [6.45, 7) is 2.06. The molecule has 0 amide bonds. The third kappa shape index (κ3) is 2.52. The number of aldehydes is 1. The molecule has 1 aliphatic rings. The molecule has 1 aromatic carbocycles. The first kappa shape index (κ1) is 11.4. The molecule has 1 unspecified atom stereocenters. The molecule has 0 radical (unpaired) electrons. The van der Waals surface area contributed by atoms with E-state index < -0.39 is 0 Å². The van der Waals surface area contributed by atoms with Gasteiger partial charge in [-0.1, -0.05) is 37.3 Å². The highest BCUT2D eigenvalue weighted by Gasteiger charge is 2.25. The maximum Gasteiger partial charge on any atom is 0.123 e. The molecule has 1 aromatic rings. The van der Waals surface area contributed by atoms with Crippen LogP contribution in [0.4, 0.5) is 0 Å². The molecule has 0 spiro atoms. The van der Waals surface area contributed by atoms with E-state index in [0.29, 0.717) is 5.92 Å². The number of benzene rings is 1. The molecule has 0 heterocycles. The number of hydrogen-bond donors (Lipinski definition) is 0. The molecule has 1 aliphatic carbocycles. The number of carbonyl (C=O) groups is 1. The number of carbonyl (C=O) groups excluding carboxylic acids is 1. The van der Waals surface area contributed by atoms with Crippen LogP contribution < -0.4 is 0 Å². The van der Waals surface area contributed by atoms with Gasteiger partial charge in [0.25, 0.3) is 0 Å². The predicted octanol–water partition coefficient (Wildman–Crippen LogP) is 3.80. The fourth-order valence-electron chi connectivity index (χ4n) is 2.81. The van der Waals surface area contributed by atoms with Crippen LogP contribution in [0.1, 0.15) is 44.1 Å². The number of rotatable bonds is 3. The van der Waals surface area contributed by atoms with E-state index >= 15 is 0 Å². The topological polar surface area (TPSA) is 17.1 Å². The molecule has 86 valence electrons. The smallest absolute Gasteiger partial charge is 0.123 e. The van der Waals surface area contributed by atoms with Gasteiger partial charge in [-0.3, -0.25) is 0 Å². The Morgan fingerprint density at radius 3 is 2.31 bits per heavy atom. The van der Waals surface area contributed by atoms with Crippen LogP contribution in [0.2, 0.25) is 0 Å². The summed E-state index contributed by atoms with van der Waals surface area (Å²) in [5.41, 5.74) is 1.47. The maximum atomic E-state index is 10.8. The van der Waals surface area contributed by atoms with Crippen molar-refractivity contribution in [2.24, 2.45) is 11.8 Å². The SMILES string of the molecule is CC(C=O)C1CCC(c2ccccc2)CC1. The highest BCUT2D eigenvalue weighted by atomic mass is 16.1. The Hall–Kier alpha value is -1.11. The van der Waals surface area contributed by atoms with Gasteiger partial charge in [-0.2, -0.15) is 0 Å². The number of hydrogen-bond acceptors (Lipinski definition) is 1. The molecule has 1 atom stereocenters. The van der Waals surface area contributed by atoms with Crippen LogP contribution in [-0.4, -0.2) is 6.29 Å². The lowest BCUT2D eigenvalue weighted by atomic mass is 9.75. The zero-order valence-corrected chi connectivity index (χ0v) is 9.93. The minimum Gasteiger partial charge on any atom is -0.303 e. The van der Waals surface area contributed by atoms with Crippen molar-refractivity contribution in [3.63, 3.8) is 0 Å². The average Bonchev–Trinajstić information content (AvgIpc) is 2.39. The summed E-state index contributed by atoms with van der Waals surface area (Å²) >= 11 is 0. The third-order valence-electron chi connectivity index (χ3n) is 4.00. The van der Waals surface area contributed by atoms with Crippen LogP contribution in [0.3, 0.4) is 0 Å². The quantitative estimate of drug-likeness (QED) is 0.702. The Kier molecular flexibility index (Phi) is 3.76. The highest BCUT2D eigenvalue weighted by Crippen LogP contribution is 2.38. The van der Waals surface area contributed by atoms with Crippen molar-refractivity contribution < 1.29 is 4.79 Å².